The summed E-state index contributed by atoms with van der Waals surface area (Å²) < 4.78 is 18.9. The van der Waals surface area contributed by atoms with Gasteiger partial charge in [-0.15, -0.1) is 0 Å². The van der Waals surface area contributed by atoms with Crippen LogP contribution in [0.5, 0.6) is 0 Å². The topological polar surface area (TPSA) is 146 Å². The molecule has 0 unspecified atom stereocenters. The monoisotopic (exact) mass is 398 g/mol. The predicted molar refractivity (Wildman–Crippen MR) is 90.6 cm³/mol. The van der Waals surface area contributed by atoms with E-state index in [1.165, 1.54) is 13.8 Å². The Morgan fingerprint density at radius 2 is 0.964 bits per heavy atom. The summed E-state index contributed by atoms with van der Waals surface area (Å²) in [6, 6.07) is 0. The number of methoxy groups -OCH3 is 4. The van der Waals surface area contributed by atoms with Gasteiger partial charge in [-0.2, -0.15) is 0 Å². The molecule has 28 heavy (non-hydrogen) atoms. The first-order valence-corrected chi connectivity index (χ1v) is 8.20. The SMILES string of the molecule is COC(=O)C1=C(O)[C@H](C(=O)OC)[C@]2(C)C(C(=O)OC)=C(O)[C@@H](C(=O)OC)[C@]12C. The minimum absolute atomic E-state index is 0.436. The number of hydrogen-bond acceptors (Lipinski definition) is 10. The number of carbonyl (C=O) groups excluding carboxylic acids is 4. The molecule has 0 fully saturated rings. The highest BCUT2D eigenvalue weighted by Gasteiger charge is 2.76. The van der Waals surface area contributed by atoms with Crippen LogP contribution in [0, 0.1) is 22.7 Å². The van der Waals surface area contributed by atoms with Gasteiger partial charge in [0, 0.05) is 10.8 Å². The Labute approximate surface area is 160 Å². The Morgan fingerprint density at radius 3 is 1.18 bits per heavy atom. The number of carbonyl (C=O) groups is 4. The van der Waals surface area contributed by atoms with Gasteiger partial charge in [0.05, 0.1) is 39.6 Å². The molecule has 0 amide bonds. The van der Waals surface area contributed by atoms with Crippen LogP contribution < -0.4 is 0 Å². The van der Waals surface area contributed by atoms with Gasteiger partial charge in [0.15, 0.2) is 0 Å². The lowest BCUT2D eigenvalue weighted by molar-refractivity contribution is -0.157. The van der Waals surface area contributed by atoms with Gasteiger partial charge >= 0.3 is 23.9 Å². The van der Waals surface area contributed by atoms with Crippen LogP contribution in [0.15, 0.2) is 22.7 Å². The molecular weight excluding hydrogens is 376 g/mol. The molecule has 0 aromatic heterocycles. The molecule has 2 rings (SSSR count). The summed E-state index contributed by atoms with van der Waals surface area (Å²) in [5.41, 5.74) is -4.42. The van der Waals surface area contributed by atoms with Gasteiger partial charge in [-0.25, -0.2) is 9.59 Å². The highest BCUT2D eigenvalue weighted by Crippen LogP contribution is 2.71. The fourth-order valence-electron chi connectivity index (χ4n) is 4.54. The van der Waals surface area contributed by atoms with Crippen LogP contribution in [0.3, 0.4) is 0 Å². The van der Waals surface area contributed by atoms with Gasteiger partial charge in [0.1, 0.15) is 23.4 Å². The molecule has 154 valence electrons. The maximum Gasteiger partial charge on any atom is 0.337 e. The van der Waals surface area contributed by atoms with E-state index in [9.17, 15) is 29.4 Å². The minimum Gasteiger partial charge on any atom is -0.511 e. The van der Waals surface area contributed by atoms with Crippen LogP contribution in [0.2, 0.25) is 0 Å². The average molecular weight is 398 g/mol. The summed E-state index contributed by atoms with van der Waals surface area (Å²) in [5, 5.41) is 21.6. The second-order valence-electron chi connectivity index (χ2n) is 6.82. The van der Waals surface area contributed by atoms with Crippen molar-refractivity contribution < 1.29 is 48.3 Å². The lowest BCUT2D eigenvalue weighted by Crippen LogP contribution is -2.48. The van der Waals surface area contributed by atoms with E-state index in [1.807, 2.05) is 0 Å². The zero-order valence-corrected chi connectivity index (χ0v) is 16.3. The van der Waals surface area contributed by atoms with Crippen LogP contribution >= 0.6 is 0 Å². The summed E-state index contributed by atoms with van der Waals surface area (Å²) in [6.07, 6.45) is 0. The molecule has 0 radical (unpaired) electrons. The minimum atomic E-state index is -1.77. The second-order valence-corrected chi connectivity index (χ2v) is 6.82. The summed E-state index contributed by atoms with van der Waals surface area (Å²) >= 11 is 0. The number of fused-ring (bicyclic) bond motifs is 1. The summed E-state index contributed by atoms with van der Waals surface area (Å²) in [5.74, 6) is -8.63. The smallest absolute Gasteiger partial charge is 0.337 e. The highest BCUT2D eigenvalue weighted by molar-refractivity contribution is 6.02. The van der Waals surface area contributed by atoms with Crippen molar-refractivity contribution in [2.24, 2.45) is 22.7 Å². The van der Waals surface area contributed by atoms with Crippen molar-refractivity contribution in [3.63, 3.8) is 0 Å². The number of rotatable bonds is 4. The van der Waals surface area contributed by atoms with Gasteiger partial charge in [-0.3, -0.25) is 9.59 Å². The fourth-order valence-corrected chi connectivity index (χ4v) is 4.54. The molecule has 10 nitrogen and oxygen atoms in total. The molecule has 2 aliphatic rings. The molecule has 2 aliphatic carbocycles. The third kappa shape index (κ3) is 2.26. The van der Waals surface area contributed by atoms with Crippen molar-refractivity contribution in [1.82, 2.24) is 0 Å². The molecule has 0 saturated carbocycles. The Kier molecular flexibility index (Phi) is 5.20. The standard InChI is InChI=1S/C18H22O10/c1-17-7(13(21)25-3)11(19)9(15(23)27-5)18(17,2)10(16(24)28-6)12(20)8(17)14(22)26-4/h7,10,19-20H,1-6H3/t7-,10+,17-,18+/m1/s1. The third-order valence-electron chi connectivity index (χ3n) is 5.98. The van der Waals surface area contributed by atoms with Crippen LogP contribution in [0.1, 0.15) is 13.8 Å². The molecule has 4 atom stereocenters. The molecule has 0 heterocycles. The van der Waals surface area contributed by atoms with E-state index >= 15 is 0 Å². The Balaban J connectivity index is 2.98. The van der Waals surface area contributed by atoms with Crippen LogP contribution in [-0.4, -0.2) is 62.5 Å². The van der Waals surface area contributed by atoms with E-state index in [0.29, 0.717) is 0 Å². The number of aliphatic hydroxyl groups is 2. The molecule has 10 heteroatoms. The zero-order valence-electron chi connectivity index (χ0n) is 16.3. The van der Waals surface area contributed by atoms with Crippen LogP contribution in [-0.2, 0) is 38.1 Å². The fraction of sp³-hybridized carbons (Fsp3) is 0.556. The van der Waals surface area contributed by atoms with Gasteiger partial charge in [-0.1, -0.05) is 13.8 Å². The van der Waals surface area contributed by atoms with Crippen molar-refractivity contribution >= 4 is 23.9 Å². The summed E-state index contributed by atoms with van der Waals surface area (Å²) in [6.45, 7) is 2.71. The molecule has 2 N–H and O–H groups in total. The lowest BCUT2D eigenvalue weighted by atomic mass is 9.58. The van der Waals surface area contributed by atoms with E-state index in [1.54, 1.807) is 0 Å². The second kappa shape index (κ2) is 6.84. The quantitative estimate of drug-likeness (QED) is 0.509. The first-order valence-electron chi connectivity index (χ1n) is 8.20. The molecule has 0 saturated heterocycles. The predicted octanol–water partition coefficient (Wildman–Crippen LogP) is 0.575. The van der Waals surface area contributed by atoms with E-state index in [0.717, 1.165) is 28.4 Å². The van der Waals surface area contributed by atoms with Crippen molar-refractivity contribution in [2.45, 2.75) is 13.8 Å². The first-order chi connectivity index (χ1) is 13.0. The first kappa shape index (κ1) is 21.3. The summed E-state index contributed by atoms with van der Waals surface area (Å²) in [7, 11) is 4.21. The van der Waals surface area contributed by atoms with Crippen molar-refractivity contribution in [1.29, 1.82) is 0 Å². The highest BCUT2D eigenvalue weighted by atomic mass is 16.5. The molecule has 0 bridgehead atoms. The van der Waals surface area contributed by atoms with E-state index in [2.05, 4.69) is 0 Å². The van der Waals surface area contributed by atoms with Gasteiger partial charge < -0.3 is 29.2 Å². The number of hydrogen-bond donors (Lipinski definition) is 2. The summed E-state index contributed by atoms with van der Waals surface area (Å²) in [4.78, 5) is 50.1. The third-order valence-corrected chi connectivity index (χ3v) is 5.98. The zero-order chi connectivity index (χ0) is 21.6. The van der Waals surface area contributed by atoms with Crippen molar-refractivity contribution in [3.05, 3.63) is 22.7 Å². The largest absolute Gasteiger partial charge is 0.511 e. The van der Waals surface area contributed by atoms with Crippen LogP contribution in [0.25, 0.3) is 0 Å². The molecule has 0 aromatic carbocycles. The Morgan fingerprint density at radius 1 is 0.679 bits per heavy atom. The van der Waals surface area contributed by atoms with Gasteiger partial charge in [0.2, 0.25) is 0 Å². The Bertz CT molecular complexity index is 754. The van der Waals surface area contributed by atoms with Crippen molar-refractivity contribution in [3.8, 4) is 0 Å². The average Bonchev–Trinajstić information content (AvgIpc) is 2.94. The van der Waals surface area contributed by atoms with E-state index < -0.39 is 69.2 Å². The molecule has 0 aromatic rings. The number of esters is 4. The van der Waals surface area contributed by atoms with Crippen molar-refractivity contribution in [2.75, 3.05) is 28.4 Å². The lowest BCUT2D eigenvalue weighted by Gasteiger charge is -2.41. The number of ether oxygens (including phenoxy) is 4. The Hall–Kier alpha value is -3.04. The van der Waals surface area contributed by atoms with Gasteiger partial charge in [0.25, 0.3) is 0 Å². The maximum absolute atomic E-state index is 12.5. The van der Waals surface area contributed by atoms with E-state index in [-0.39, 0.29) is 0 Å². The van der Waals surface area contributed by atoms with E-state index in [4.69, 9.17) is 18.9 Å². The maximum atomic E-state index is 12.5. The van der Waals surface area contributed by atoms with Crippen LogP contribution in [0.4, 0.5) is 0 Å². The number of aliphatic hydroxyl groups excluding tert-OH is 2. The normalized spacial score (nSPS) is 31.4. The molecule has 0 spiro atoms. The van der Waals surface area contributed by atoms with Gasteiger partial charge in [-0.05, 0) is 0 Å². The molecular formula is C18H22O10. The molecule has 0 aliphatic heterocycles.